The van der Waals surface area contributed by atoms with Gasteiger partial charge in [-0.3, -0.25) is 0 Å². The number of allylic oxidation sites excluding steroid dienone is 2. The Morgan fingerprint density at radius 1 is 1.20 bits per heavy atom. The number of hydrogen-bond donors (Lipinski definition) is 1. The second-order valence-electron chi connectivity index (χ2n) is 7.55. The predicted molar refractivity (Wildman–Crippen MR) is 91.8 cm³/mol. The van der Waals surface area contributed by atoms with Gasteiger partial charge in [0.05, 0.1) is 0 Å². The molecule has 1 rings (SSSR count). The van der Waals surface area contributed by atoms with Gasteiger partial charge in [0.1, 0.15) is 0 Å². The highest BCUT2D eigenvalue weighted by molar-refractivity contribution is 6.76. The lowest BCUT2D eigenvalue weighted by molar-refractivity contribution is 0.0570. The smallest absolute Gasteiger partial charge is 0.0469 e. The molecule has 2 atom stereocenters. The van der Waals surface area contributed by atoms with Crippen LogP contribution in [0.15, 0.2) is 12.2 Å². The molecule has 0 aliphatic carbocycles. The van der Waals surface area contributed by atoms with E-state index in [1.165, 1.54) is 18.9 Å². The first-order chi connectivity index (χ1) is 9.42. The van der Waals surface area contributed by atoms with Crippen molar-refractivity contribution in [3.8, 4) is 0 Å². The maximum Gasteiger partial charge on any atom is 0.0469 e. The lowest BCUT2D eigenvalue weighted by atomic mass is 9.87. The molecule has 2 N–H and O–H groups in total. The van der Waals surface area contributed by atoms with Crippen LogP contribution in [0.3, 0.4) is 0 Å². The summed E-state index contributed by atoms with van der Waals surface area (Å²) >= 11 is 0. The third kappa shape index (κ3) is 7.60. The fourth-order valence-electron chi connectivity index (χ4n) is 3.17. The zero-order valence-electron chi connectivity index (χ0n) is 14.0. The lowest BCUT2D eigenvalue weighted by Gasteiger charge is -2.29. The van der Waals surface area contributed by atoms with Crippen LogP contribution in [0.2, 0.25) is 25.7 Å². The van der Waals surface area contributed by atoms with E-state index >= 15 is 0 Å². The van der Waals surface area contributed by atoms with Crippen LogP contribution in [0.1, 0.15) is 39.0 Å². The van der Waals surface area contributed by atoms with Crippen LogP contribution in [-0.4, -0.2) is 27.3 Å². The van der Waals surface area contributed by atoms with E-state index in [1.54, 1.807) is 0 Å². The van der Waals surface area contributed by atoms with Crippen molar-refractivity contribution in [2.75, 3.05) is 13.2 Å². The van der Waals surface area contributed by atoms with Gasteiger partial charge < -0.3 is 10.5 Å². The highest BCUT2D eigenvalue weighted by atomic mass is 28.3. The maximum atomic E-state index is 6.42. The number of ether oxygens (including phenoxy) is 1. The summed E-state index contributed by atoms with van der Waals surface area (Å²) in [6, 6.07) is 1.77. The molecule has 1 aliphatic heterocycles. The first-order valence-electron chi connectivity index (χ1n) is 8.42. The molecular weight excluding hydrogens is 262 g/mol. The summed E-state index contributed by atoms with van der Waals surface area (Å²) in [5.74, 6) is 1.43. The summed E-state index contributed by atoms with van der Waals surface area (Å²) < 4.78 is 5.43. The van der Waals surface area contributed by atoms with Crippen molar-refractivity contribution >= 4 is 8.07 Å². The van der Waals surface area contributed by atoms with Crippen molar-refractivity contribution in [1.29, 1.82) is 0 Å². The first-order valence-corrected chi connectivity index (χ1v) is 12.1. The molecule has 0 saturated carbocycles. The van der Waals surface area contributed by atoms with Gasteiger partial charge in [-0.05, 0) is 43.9 Å². The quantitative estimate of drug-likeness (QED) is 0.531. The Balaban J connectivity index is 2.41. The van der Waals surface area contributed by atoms with Gasteiger partial charge in [0.2, 0.25) is 0 Å². The topological polar surface area (TPSA) is 35.2 Å². The molecule has 2 nitrogen and oxygen atoms in total. The standard InChI is InChI=1S/C17H35NOSi/c1-5-6-7-15(14-20(2,3)4)8-9-17(18)16-10-12-19-13-11-16/h6-7,15-17H,5,8-14,18H2,1-4H3/b7-6+. The van der Waals surface area contributed by atoms with Crippen molar-refractivity contribution in [2.45, 2.75) is 70.8 Å². The van der Waals surface area contributed by atoms with Crippen molar-refractivity contribution < 1.29 is 4.74 Å². The molecule has 0 radical (unpaired) electrons. The third-order valence-corrected chi connectivity index (χ3v) is 6.01. The van der Waals surface area contributed by atoms with E-state index in [0.717, 1.165) is 38.4 Å². The lowest BCUT2D eigenvalue weighted by Crippen LogP contribution is -2.35. The zero-order chi connectivity index (χ0) is 15.0. The molecule has 1 fully saturated rings. The molecule has 20 heavy (non-hydrogen) atoms. The van der Waals surface area contributed by atoms with Crippen molar-refractivity contribution in [1.82, 2.24) is 0 Å². The Bertz CT molecular complexity index is 279. The summed E-state index contributed by atoms with van der Waals surface area (Å²) in [5.41, 5.74) is 6.42. The van der Waals surface area contributed by atoms with Gasteiger partial charge in [0, 0.05) is 27.3 Å². The highest BCUT2D eigenvalue weighted by Crippen LogP contribution is 2.26. The van der Waals surface area contributed by atoms with Crippen molar-refractivity contribution in [2.24, 2.45) is 17.6 Å². The van der Waals surface area contributed by atoms with Gasteiger partial charge in [-0.25, -0.2) is 0 Å². The van der Waals surface area contributed by atoms with E-state index < -0.39 is 8.07 Å². The second kappa shape index (κ2) is 9.01. The van der Waals surface area contributed by atoms with Crippen LogP contribution in [0.5, 0.6) is 0 Å². The van der Waals surface area contributed by atoms with Gasteiger partial charge in [0.25, 0.3) is 0 Å². The van der Waals surface area contributed by atoms with Crippen molar-refractivity contribution in [3.05, 3.63) is 12.2 Å². The zero-order valence-corrected chi connectivity index (χ0v) is 15.0. The fourth-order valence-corrected chi connectivity index (χ4v) is 5.08. The van der Waals surface area contributed by atoms with Crippen LogP contribution in [0.4, 0.5) is 0 Å². The Hall–Kier alpha value is -0.123. The summed E-state index contributed by atoms with van der Waals surface area (Å²) in [6.07, 6.45) is 10.7. The van der Waals surface area contributed by atoms with E-state index in [-0.39, 0.29) is 0 Å². The summed E-state index contributed by atoms with van der Waals surface area (Å²) in [4.78, 5) is 0. The van der Waals surface area contributed by atoms with Gasteiger partial charge >= 0.3 is 0 Å². The van der Waals surface area contributed by atoms with E-state index in [0.29, 0.717) is 12.0 Å². The van der Waals surface area contributed by atoms with Gasteiger partial charge in [-0.1, -0.05) is 44.8 Å². The molecule has 0 spiro atoms. The molecular formula is C17H35NOSi. The molecule has 2 unspecified atom stereocenters. The molecule has 1 heterocycles. The first kappa shape index (κ1) is 17.9. The summed E-state index contributed by atoms with van der Waals surface area (Å²) in [6.45, 7) is 11.4. The Labute approximate surface area is 127 Å². The van der Waals surface area contributed by atoms with E-state index in [2.05, 4.69) is 38.7 Å². The molecule has 3 heteroatoms. The van der Waals surface area contributed by atoms with Crippen molar-refractivity contribution in [3.63, 3.8) is 0 Å². The Morgan fingerprint density at radius 2 is 1.85 bits per heavy atom. The number of rotatable bonds is 8. The molecule has 118 valence electrons. The predicted octanol–water partition coefficient (Wildman–Crippen LogP) is 4.44. The average molecular weight is 298 g/mol. The van der Waals surface area contributed by atoms with E-state index in [4.69, 9.17) is 10.5 Å². The molecule has 1 aliphatic rings. The molecule has 1 saturated heterocycles. The van der Waals surface area contributed by atoms with E-state index in [9.17, 15) is 0 Å². The van der Waals surface area contributed by atoms with Gasteiger partial charge in [-0.15, -0.1) is 0 Å². The monoisotopic (exact) mass is 297 g/mol. The number of hydrogen-bond acceptors (Lipinski definition) is 2. The minimum absolute atomic E-state index is 0.373. The normalized spacial score (nSPS) is 21.2. The molecule has 0 bridgehead atoms. The average Bonchev–Trinajstić information content (AvgIpc) is 2.41. The van der Waals surface area contributed by atoms with Crippen LogP contribution in [-0.2, 0) is 4.74 Å². The van der Waals surface area contributed by atoms with E-state index in [1.807, 2.05) is 0 Å². The van der Waals surface area contributed by atoms with Gasteiger partial charge in [-0.2, -0.15) is 0 Å². The minimum Gasteiger partial charge on any atom is -0.381 e. The third-order valence-electron chi connectivity index (χ3n) is 4.26. The maximum absolute atomic E-state index is 6.42. The second-order valence-corrected chi connectivity index (χ2v) is 13.1. The van der Waals surface area contributed by atoms with Crippen LogP contribution < -0.4 is 5.73 Å². The molecule has 0 aromatic carbocycles. The summed E-state index contributed by atoms with van der Waals surface area (Å²) in [7, 11) is -0.994. The van der Waals surface area contributed by atoms with Crippen LogP contribution in [0.25, 0.3) is 0 Å². The van der Waals surface area contributed by atoms with Gasteiger partial charge in [0.15, 0.2) is 0 Å². The molecule has 0 amide bonds. The Morgan fingerprint density at radius 3 is 2.40 bits per heavy atom. The minimum atomic E-state index is -0.994. The van der Waals surface area contributed by atoms with Crippen LogP contribution >= 0.6 is 0 Å². The highest BCUT2D eigenvalue weighted by Gasteiger charge is 2.23. The molecule has 0 aromatic heterocycles. The Kier molecular flexibility index (Phi) is 8.08. The largest absolute Gasteiger partial charge is 0.381 e. The number of nitrogens with two attached hydrogens (primary N) is 1. The SMILES string of the molecule is CC/C=C/C(CCC(N)C1CCOCC1)C[Si](C)(C)C. The summed E-state index contributed by atoms with van der Waals surface area (Å²) in [5, 5.41) is 0. The molecule has 0 aromatic rings. The van der Waals surface area contributed by atoms with Crippen LogP contribution in [0, 0.1) is 11.8 Å². The fraction of sp³-hybridized carbons (Fsp3) is 0.882.